The van der Waals surface area contributed by atoms with Crippen molar-refractivity contribution in [2.45, 2.75) is 38.7 Å². The van der Waals surface area contributed by atoms with Gasteiger partial charge in [0.25, 0.3) is 10.1 Å². The molecular weight excluding hydrogens is 220 g/mol. The fraction of sp³-hybridized carbons (Fsp3) is 0.889. The standard InChI is InChI=1S/C9H16O5S/c1-9(8(10)11)5-3-7(4-6-9)14-15(2,12)13/h7H,3-6H2,1-2H3,(H,10,11). The van der Waals surface area contributed by atoms with Crippen molar-refractivity contribution in [3.05, 3.63) is 0 Å². The van der Waals surface area contributed by atoms with Crippen LogP contribution in [0.4, 0.5) is 0 Å². The van der Waals surface area contributed by atoms with Crippen molar-refractivity contribution < 1.29 is 22.5 Å². The second-order valence-electron chi connectivity index (χ2n) is 4.37. The summed E-state index contributed by atoms with van der Waals surface area (Å²) in [5.41, 5.74) is -0.725. The van der Waals surface area contributed by atoms with Crippen LogP contribution in [0, 0.1) is 5.41 Å². The van der Waals surface area contributed by atoms with Crippen LogP contribution in [0.1, 0.15) is 32.6 Å². The molecule has 0 aromatic carbocycles. The Morgan fingerprint density at radius 3 is 2.20 bits per heavy atom. The van der Waals surface area contributed by atoms with E-state index in [1.54, 1.807) is 6.92 Å². The number of carboxylic acids is 1. The Morgan fingerprint density at radius 1 is 1.40 bits per heavy atom. The normalized spacial score (nSPS) is 32.5. The van der Waals surface area contributed by atoms with Gasteiger partial charge in [-0.15, -0.1) is 0 Å². The van der Waals surface area contributed by atoms with Crippen LogP contribution in [-0.4, -0.2) is 31.9 Å². The first-order chi connectivity index (χ1) is 6.73. The molecule has 1 aliphatic carbocycles. The summed E-state index contributed by atoms with van der Waals surface area (Å²) < 4.78 is 26.5. The van der Waals surface area contributed by atoms with Crippen LogP contribution < -0.4 is 0 Å². The molecule has 0 aliphatic heterocycles. The average Bonchev–Trinajstić information content (AvgIpc) is 2.07. The third-order valence-electron chi connectivity index (χ3n) is 2.86. The molecule has 0 aromatic rings. The zero-order chi connectivity index (χ0) is 11.7. The van der Waals surface area contributed by atoms with Crippen molar-refractivity contribution in [3.63, 3.8) is 0 Å². The minimum absolute atomic E-state index is 0.354. The first-order valence-electron chi connectivity index (χ1n) is 4.85. The quantitative estimate of drug-likeness (QED) is 0.739. The van der Waals surface area contributed by atoms with Crippen LogP contribution in [0.3, 0.4) is 0 Å². The van der Waals surface area contributed by atoms with E-state index in [2.05, 4.69) is 0 Å². The molecule has 88 valence electrons. The number of aliphatic carboxylic acids is 1. The summed E-state index contributed by atoms with van der Waals surface area (Å²) in [7, 11) is -3.43. The second-order valence-corrected chi connectivity index (χ2v) is 5.97. The van der Waals surface area contributed by atoms with E-state index in [0.29, 0.717) is 25.7 Å². The number of hydrogen-bond donors (Lipinski definition) is 1. The second kappa shape index (κ2) is 4.09. The lowest BCUT2D eigenvalue weighted by molar-refractivity contribution is -0.150. The molecule has 0 heterocycles. The smallest absolute Gasteiger partial charge is 0.309 e. The van der Waals surface area contributed by atoms with Crippen LogP contribution in [0.25, 0.3) is 0 Å². The molecule has 0 spiro atoms. The van der Waals surface area contributed by atoms with E-state index in [1.807, 2.05) is 0 Å². The van der Waals surface area contributed by atoms with E-state index < -0.39 is 21.5 Å². The molecule has 6 heteroatoms. The van der Waals surface area contributed by atoms with Crippen LogP contribution in [0.15, 0.2) is 0 Å². The molecule has 1 fully saturated rings. The summed E-state index contributed by atoms with van der Waals surface area (Å²) in [6, 6.07) is 0. The highest BCUT2D eigenvalue weighted by molar-refractivity contribution is 7.86. The van der Waals surface area contributed by atoms with Gasteiger partial charge in [-0.3, -0.25) is 8.98 Å². The molecule has 1 rings (SSSR count). The Balaban J connectivity index is 2.53. The van der Waals surface area contributed by atoms with Crippen molar-refractivity contribution in [3.8, 4) is 0 Å². The Labute approximate surface area is 89.6 Å². The Hall–Kier alpha value is -0.620. The third kappa shape index (κ3) is 3.46. The maximum atomic E-state index is 10.9. The van der Waals surface area contributed by atoms with Gasteiger partial charge in [-0.1, -0.05) is 0 Å². The minimum atomic E-state index is -3.43. The zero-order valence-electron chi connectivity index (χ0n) is 8.89. The summed E-state index contributed by atoms with van der Waals surface area (Å²) >= 11 is 0. The fourth-order valence-electron chi connectivity index (χ4n) is 1.79. The number of hydrogen-bond acceptors (Lipinski definition) is 4. The topological polar surface area (TPSA) is 80.7 Å². The van der Waals surface area contributed by atoms with Gasteiger partial charge in [0, 0.05) is 0 Å². The first kappa shape index (κ1) is 12.4. The van der Waals surface area contributed by atoms with Gasteiger partial charge in [0.15, 0.2) is 0 Å². The monoisotopic (exact) mass is 236 g/mol. The molecule has 0 aromatic heterocycles. The molecule has 15 heavy (non-hydrogen) atoms. The molecule has 0 saturated heterocycles. The van der Waals surface area contributed by atoms with Gasteiger partial charge in [-0.05, 0) is 32.6 Å². The van der Waals surface area contributed by atoms with Crippen LogP contribution in [-0.2, 0) is 19.1 Å². The van der Waals surface area contributed by atoms with E-state index in [9.17, 15) is 13.2 Å². The molecule has 1 aliphatic rings. The predicted octanol–water partition coefficient (Wildman–Crippen LogP) is 0.996. The average molecular weight is 236 g/mol. The van der Waals surface area contributed by atoms with E-state index in [4.69, 9.17) is 9.29 Å². The van der Waals surface area contributed by atoms with Crippen LogP contribution >= 0.6 is 0 Å². The first-order valence-corrected chi connectivity index (χ1v) is 6.66. The Morgan fingerprint density at radius 2 is 1.87 bits per heavy atom. The summed E-state index contributed by atoms with van der Waals surface area (Å²) in [6.45, 7) is 1.69. The van der Waals surface area contributed by atoms with Crippen molar-refractivity contribution in [2.24, 2.45) is 5.41 Å². The zero-order valence-corrected chi connectivity index (χ0v) is 9.71. The predicted molar refractivity (Wildman–Crippen MR) is 53.9 cm³/mol. The Kier molecular flexibility index (Phi) is 3.40. The molecule has 0 atom stereocenters. The summed E-state index contributed by atoms with van der Waals surface area (Å²) in [5, 5.41) is 8.96. The summed E-state index contributed by atoms with van der Waals surface area (Å²) in [5.74, 6) is -0.819. The van der Waals surface area contributed by atoms with Gasteiger partial charge in [0.1, 0.15) is 0 Å². The molecule has 0 bridgehead atoms. The molecule has 1 N–H and O–H groups in total. The summed E-state index contributed by atoms with van der Waals surface area (Å²) in [4.78, 5) is 10.9. The highest BCUT2D eigenvalue weighted by Crippen LogP contribution is 2.37. The van der Waals surface area contributed by atoms with Crippen molar-refractivity contribution in [2.75, 3.05) is 6.26 Å². The van der Waals surface area contributed by atoms with Crippen molar-refractivity contribution >= 4 is 16.1 Å². The molecule has 0 radical (unpaired) electrons. The van der Waals surface area contributed by atoms with E-state index >= 15 is 0 Å². The van der Waals surface area contributed by atoms with Gasteiger partial charge in [-0.2, -0.15) is 8.42 Å². The van der Waals surface area contributed by atoms with Gasteiger partial charge < -0.3 is 5.11 Å². The number of rotatable bonds is 3. The van der Waals surface area contributed by atoms with Gasteiger partial charge >= 0.3 is 5.97 Å². The molecule has 0 amide bonds. The summed E-state index contributed by atoms with van der Waals surface area (Å²) in [6.07, 6.45) is 2.54. The van der Waals surface area contributed by atoms with Crippen molar-refractivity contribution in [1.82, 2.24) is 0 Å². The lowest BCUT2D eigenvalue weighted by Crippen LogP contribution is -2.35. The molecule has 5 nitrogen and oxygen atoms in total. The maximum Gasteiger partial charge on any atom is 0.309 e. The lowest BCUT2D eigenvalue weighted by Gasteiger charge is -2.32. The maximum absolute atomic E-state index is 10.9. The fourth-order valence-corrected chi connectivity index (χ4v) is 2.47. The van der Waals surface area contributed by atoms with Gasteiger partial charge in [0.2, 0.25) is 0 Å². The Bertz CT molecular complexity index is 338. The highest BCUT2D eigenvalue weighted by atomic mass is 32.2. The van der Waals surface area contributed by atoms with E-state index in [0.717, 1.165) is 6.26 Å². The highest BCUT2D eigenvalue weighted by Gasteiger charge is 2.38. The largest absolute Gasteiger partial charge is 0.481 e. The van der Waals surface area contributed by atoms with Gasteiger partial charge in [0.05, 0.1) is 17.8 Å². The molecule has 0 unspecified atom stereocenters. The lowest BCUT2D eigenvalue weighted by atomic mass is 9.75. The molecule has 1 saturated carbocycles. The van der Waals surface area contributed by atoms with E-state index in [1.165, 1.54) is 0 Å². The van der Waals surface area contributed by atoms with Crippen LogP contribution in [0.5, 0.6) is 0 Å². The number of carboxylic acid groups (broad SMARTS) is 1. The van der Waals surface area contributed by atoms with Gasteiger partial charge in [-0.25, -0.2) is 0 Å². The minimum Gasteiger partial charge on any atom is -0.481 e. The van der Waals surface area contributed by atoms with E-state index in [-0.39, 0.29) is 6.10 Å². The number of carbonyl (C=O) groups is 1. The van der Waals surface area contributed by atoms with Crippen molar-refractivity contribution in [1.29, 1.82) is 0 Å². The van der Waals surface area contributed by atoms with Crippen LogP contribution in [0.2, 0.25) is 0 Å². The SMILES string of the molecule is CC1(C(=O)O)CCC(OS(C)(=O)=O)CC1. The third-order valence-corrected chi connectivity index (χ3v) is 3.49. The molecular formula is C9H16O5S.